The monoisotopic (exact) mass is 351 g/mol. The number of nitrogens with zero attached hydrogens (tertiary/aromatic N) is 2. The first-order chi connectivity index (χ1) is 12.4. The third-order valence-corrected chi connectivity index (χ3v) is 4.08. The second-order valence-corrected chi connectivity index (χ2v) is 6.33. The van der Waals surface area contributed by atoms with Gasteiger partial charge < -0.3 is 5.32 Å². The topological polar surface area (TPSA) is 64.0 Å². The summed E-state index contributed by atoms with van der Waals surface area (Å²) in [7, 11) is 0. The fraction of sp³-hybridized carbons (Fsp3) is 0.150. The van der Waals surface area contributed by atoms with E-state index < -0.39 is 22.8 Å². The van der Waals surface area contributed by atoms with Gasteiger partial charge in [0, 0.05) is 11.6 Å². The Hall–Kier alpha value is -3.28. The number of anilines is 1. The van der Waals surface area contributed by atoms with Crippen molar-refractivity contribution in [3.05, 3.63) is 82.9 Å². The standard InChI is InChI=1S/C20H18FN3O2/c1-20(2,19(26)22-17-11-7-6-10-15(17)21)24-18(25)13-12-16(23-24)14-8-4-3-5-9-14/h3-13H,1-2H3,(H,22,26). The minimum Gasteiger partial charge on any atom is -0.321 e. The van der Waals surface area contributed by atoms with E-state index in [1.807, 2.05) is 30.3 Å². The van der Waals surface area contributed by atoms with Crippen LogP contribution in [-0.4, -0.2) is 15.7 Å². The molecule has 26 heavy (non-hydrogen) atoms. The van der Waals surface area contributed by atoms with Crippen LogP contribution in [0.15, 0.2) is 71.5 Å². The van der Waals surface area contributed by atoms with E-state index in [0.29, 0.717) is 5.69 Å². The zero-order valence-electron chi connectivity index (χ0n) is 14.4. The van der Waals surface area contributed by atoms with E-state index in [9.17, 15) is 14.0 Å². The lowest BCUT2D eigenvalue weighted by molar-refractivity contribution is -0.123. The summed E-state index contributed by atoms with van der Waals surface area (Å²) in [4.78, 5) is 25.0. The molecule has 1 aromatic heterocycles. The van der Waals surface area contributed by atoms with Gasteiger partial charge >= 0.3 is 0 Å². The van der Waals surface area contributed by atoms with Gasteiger partial charge in [0.2, 0.25) is 0 Å². The highest BCUT2D eigenvalue weighted by Gasteiger charge is 2.32. The first kappa shape index (κ1) is 17.5. The maximum atomic E-state index is 13.8. The van der Waals surface area contributed by atoms with E-state index in [0.717, 1.165) is 10.2 Å². The van der Waals surface area contributed by atoms with E-state index >= 15 is 0 Å². The van der Waals surface area contributed by atoms with Gasteiger partial charge in [-0.2, -0.15) is 5.10 Å². The Bertz CT molecular complexity index is 997. The van der Waals surface area contributed by atoms with Gasteiger partial charge in [-0.15, -0.1) is 0 Å². The number of carbonyl (C=O) groups is 1. The molecule has 0 aliphatic heterocycles. The highest BCUT2D eigenvalue weighted by molar-refractivity contribution is 5.96. The average Bonchev–Trinajstić information content (AvgIpc) is 2.64. The Kier molecular flexibility index (Phi) is 4.67. The summed E-state index contributed by atoms with van der Waals surface area (Å²) in [6.07, 6.45) is 0. The number of carbonyl (C=O) groups excluding carboxylic acids is 1. The van der Waals surface area contributed by atoms with Crippen LogP contribution in [-0.2, 0) is 10.3 Å². The molecule has 0 saturated carbocycles. The molecule has 6 heteroatoms. The number of hydrogen-bond donors (Lipinski definition) is 1. The maximum Gasteiger partial charge on any atom is 0.267 e. The van der Waals surface area contributed by atoms with E-state index in [1.54, 1.807) is 26.0 Å². The SMILES string of the molecule is CC(C)(C(=O)Nc1ccccc1F)n1nc(-c2ccccc2)ccc1=O. The normalized spacial score (nSPS) is 11.2. The minimum atomic E-state index is -1.32. The van der Waals surface area contributed by atoms with Gasteiger partial charge in [0.05, 0.1) is 11.4 Å². The van der Waals surface area contributed by atoms with Crippen molar-refractivity contribution in [3.8, 4) is 11.3 Å². The number of benzene rings is 2. The molecule has 1 amide bonds. The molecule has 5 nitrogen and oxygen atoms in total. The van der Waals surface area contributed by atoms with E-state index in [2.05, 4.69) is 10.4 Å². The molecule has 0 fully saturated rings. The van der Waals surface area contributed by atoms with Gasteiger partial charge in [-0.1, -0.05) is 42.5 Å². The lowest BCUT2D eigenvalue weighted by Crippen LogP contribution is -2.47. The second kappa shape index (κ2) is 6.92. The summed E-state index contributed by atoms with van der Waals surface area (Å²) in [5.41, 5.74) is -0.288. The molecule has 3 aromatic rings. The highest BCUT2D eigenvalue weighted by Crippen LogP contribution is 2.20. The number of amides is 1. The van der Waals surface area contributed by atoms with Gasteiger partial charge in [0.15, 0.2) is 0 Å². The molecule has 0 radical (unpaired) electrons. The predicted octanol–water partition coefficient (Wildman–Crippen LogP) is 3.42. The average molecular weight is 351 g/mol. The number of hydrogen-bond acceptors (Lipinski definition) is 3. The zero-order valence-corrected chi connectivity index (χ0v) is 14.4. The smallest absolute Gasteiger partial charge is 0.267 e. The summed E-state index contributed by atoms with van der Waals surface area (Å²) < 4.78 is 14.9. The molecular formula is C20H18FN3O2. The van der Waals surface area contributed by atoms with Crippen molar-refractivity contribution in [2.45, 2.75) is 19.4 Å². The summed E-state index contributed by atoms with van der Waals surface area (Å²) in [5.74, 6) is -1.09. The van der Waals surface area contributed by atoms with Crippen LogP contribution in [0.3, 0.4) is 0 Å². The van der Waals surface area contributed by atoms with Crippen LogP contribution >= 0.6 is 0 Å². The number of halogens is 1. The predicted molar refractivity (Wildman–Crippen MR) is 98.3 cm³/mol. The van der Waals surface area contributed by atoms with Crippen LogP contribution in [0.2, 0.25) is 0 Å². The van der Waals surface area contributed by atoms with E-state index in [4.69, 9.17) is 0 Å². The molecule has 0 aliphatic rings. The van der Waals surface area contributed by atoms with Crippen LogP contribution in [0.1, 0.15) is 13.8 Å². The van der Waals surface area contributed by atoms with Crippen molar-refractivity contribution >= 4 is 11.6 Å². The molecule has 0 bridgehead atoms. The number of para-hydroxylation sites is 1. The van der Waals surface area contributed by atoms with E-state index in [-0.39, 0.29) is 5.69 Å². The van der Waals surface area contributed by atoms with Crippen molar-refractivity contribution in [3.63, 3.8) is 0 Å². The Balaban J connectivity index is 1.97. The zero-order chi connectivity index (χ0) is 18.7. The van der Waals surface area contributed by atoms with Gasteiger partial charge in [-0.3, -0.25) is 9.59 Å². The largest absolute Gasteiger partial charge is 0.321 e. The molecule has 0 atom stereocenters. The fourth-order valence-corrected chi connectivity index (χ4v) is 2.51. The number of rotatable bonds is 4. The third kappa shape index (κ3) is 3.39. The first-order valence-corrected chi connectivity index (χ1v) is 8.12. The lowest BCUT2D eigenvalue weighted by Gasteiger charge is -2.25. The van der Waals surface area contributed by atoms with Gasteiger partial charge in [0.25, 0.3) is 11.5 Å². The first-order valence-electron chi connectivity index (χ1n) is 8.12. The molecule has 1 N–H and O–H groups in total. The van der Waals surface area contributed by atoms with Crippen LogP contribution in [0.4, 0.5) is 10.1 Å². The summed E-state index contributed by atoms with van der Waals surface area (Å²) in [6.45, 7) is 3.12. The van der Waals surface area contributed by atoms with Gasteiger partial charge in [-0.25, -0.2) is 9.07 Å². The number of aromatic nitrogens is 2. The Morgan fingerprint density at radius 2 is 1.65 bits per heavy atom. The quantitative estimate of drug-likeness (QED) is 0.783. The molecule has 0 unspecified atom stereocenters. The van der Waals surface area contributed by atoms with Gasteiger partial charge in [-0.05, 0) is 32.0 Å². The second-order valence-electron chi connectivity index (χ2n) is 6.33. The fourth-order valence-electron chi connectivity index (χ4n) is 2.51. The maximum absolute atomic E-state index is 13.8. The Morgan fingerprint density at radius 3 is 2.35 bits per heavy atom. The number of nitrogens with one attached hydrogen (secondary N) is 1. The molecular weight excluding hydrogens is 333 g/mol. The summed E-state index contributed by atoms with van der Waals surface area (Å²) in [6, 6.07) is 18.2. The molecule has 0 saturated heterocycles. The molecule has 3 rings (SSSR count). The summed E-state index contributed by atoms with van der Waals surface area (Å²) in [5, 5.41) is 6.87. The van der Waals surface area contributed by atoms with Crippen LogP contribution < -0.4 is 10.9 Å². The third-order valence-electron chi connectivity index (χ3n) is 4.08. The Morgan fingerprint density at radius 1 is 1.00 bits per heavy atom. The molecule has 0 aliphatic carbocycles. The van der Waals surface area contributed by atoms with Crippen molar-refractivity contribution in [2.24, 2.45) is 0 Å². The molecule has 1 heterocycles. The van der Waals surface area contributed by atoms with Gasteiger partial charge in [0.1, 0.15) is 11.4 Å². The Labute approximate surface area is 150 Å². The molecule has 132 valence electrons. The van der Waals surface area contributed by atoms with Crippen LogP contribution in [0, 0.1) is 5.82 Å². The van der Waals surface area contributed by atoms with Crippen molar-refractivity contribution in [1.29, 1.82) is 0 Å². The molecule has 0 spiro atoms. The minimum absolute atomic E-state index is 0.0536. The van der Waals surface area contributed by atoms with Crippen molar-refractivity contribution in [1.82, 2.24) is 9.78 Å². The highest BCUT2D eigenvalue weighted by atomic mass is 19.1. The van der Waals surface area contributed by atoms with Crippen molar-refractivity contribution in [2.75, 3.05) is 5.32 Å². The van der Waals surface area contributed by atoms with Crippen LogP contribution in [0.25, 0.3) is 11.3 Å². The molecule has 2 aromatic carbocycles. The van der Waals surface area contributed by atoms with E-state index in [1.165, 1.54) is 24.3 Å². The summed E-state index contributed by atoms with van der Waals surface area (Å²) >= 11 is 0. The van der Waals surface area contributed by atoms with Crippen LogP contribution in [0.5, 0.6) is 0 Å². The van der Waals surface area contributed by atoms with Crippen molar-refractivity contribution < 1.29 is 9.18 Å². The lowest BCUT2D eigenvalue weighted by atomic mass is 10.0.